The van der Waals surface area contributed by atoms with E-state index >= 15 is 0 Å². The number of methoxy groups -OCH3 is 2. The zero-order chi connectivity index (χ0) is 41.4. The van der Waals surface area contributed by atoms with Crippen LogP contribution in [0.25, 0.3) is 10.4 Å². The number of ether oxygens (including phenoxy) is 2. The number of aliphatic hydroxyl groups excluding tert-OH is 1. The van der Waals surface area contributed by atoms with Crippen LogP contribution in [0.2, 0.25) is 0 Å². The molecule has 10 heteroatoms. The Hall–Kier alpha value is -6.55. The first-order valence-corrected chi connectivity index (χ1v) is 19.0. The first-order valence-electron chi connectivity index (χ1n) is 19.0. The number of esters is 2. The molecule has 0 aromatic heterocycles. The summed E-state index contributed by atoms with van der Waals surface area (Å²) in [5, 5.41) is 21.1. The number of carbonyl (C=O) groups excluding carboxylic acids is 2. The van der Waals surface area contributed by atoms with Crippen LogP contribution in [-0.2, 0) is 30.1 Å². The second-order valence-electron chi connectivity index (χ2n) is 13.7. The third-order valence-corrected chi connectivity index (χ3v) is 10.1. The number of nitrogens with zero attached hydrogens (tertiary/aromatic N) is 3. The lowest BCUT2D eigenvalue weighted by atomic mass is 9.76. The van der Waals surface area contributed by atoms with Crippen LogP contribution in [0.3, 0.4) is 0 Å². The summed E-state index contributed by atoms with van der Waals surface area (Å²) in [7, 11) is 2.66. The number of hydrogen-bond donors (Lipinski definition) is 3. The number of nitrogens with one attached hydrogen (secondary N) is 2. The highest BCUT2D eigenvalue weighted by Gasteiger charge is 2.43. The quantitative estimate of drug-likeness (QED) is 0.0313. The lowest BCUT2D eigenvalue weighted by molar-refractivity contribution is -0.146. The molecule has 3 N–H and O–H groups in total. The van der Waals surface area contributed by atoms with Gasteiger partial charge in [0.1, 0.15) is 12.1 Å². The van der Waals surface area contributed by atoms with E-state index in [0.29, 0.717) is 0 Å². The third-order valence-electron chi connectivity index (χ3n) is 10.1. The van der Waals surface area contributed by atoms with Gasteiger partial charge in [-0.1, -0.05) is 194 Å². The fourth-order valence-electron chi connectivity index (χ4n) is 7.25. The molecule has 0 aliphatic carbocycles. The summed E-state index contributed by atoms with van der Waals surface area (Å²) in [6.07, 6.45) is -0.942. The average Bonchev–Trinajstić information content (AvgIpc) is 3.29. The third kappa shape index (κ3) is 9.52. The predicted molar refractivity (Wildman–Crippen MR) is 227 cm³/mol. The van der Waals surface area contributed by atoms with E-state index in [2.05, 4.69) is 20.7 Å². The van der Waals surface area contributed by atoms with E-state index in [9.17, 15) is 14.7 Å². The first-order chi connectivity index (χ1) is 28.2. The van der Waals surface area contributed by atoms with Crippen LogP contribution in [0, 0.1) is 0 Å². The summed E-state index contributed by atoms with van der Waals surface area (Å²) >= 11 is 0. The van der Waals surface area contributed by atoms with Crippen molar-refractivity contribution in [3.8, 4) is 0 Å². The van der Waals surface area contributed by atoms with Gasteiger partial charge in [0.05, 0.1) is 37.4 Å². The van der Waals surface area contributed by atoms with Crippen LogP contribution in [0.5, 0.6) is 0 Å². The zero-order valence-electron chi connectivity index (χ0n) is 33.1. The molecule has 296 valence electrons. The summed E-state index contributed by atoms with van der Waals surface area (Å²) in [6, 6.07) is 57.0. The molecular weight excluding hydrogens is 727 g/mol. The van der Waals surface area contributed by atoms with E-state index < -0.39 is 47.2 Å². The number of benzene rings is 6. The lowest BCUT2D eigenvalue weighted by Crippen LogP contribution is -2.56. The Labute approximate surface area is 340 Å². The maximum absolute atomic E-state index is 12.7. The van der Waals surface area contributed by atoms with Gasteiger partial charge in [-0.25, -0.2) is 0 Å². The van der Waals surface area contributed by atoms with Gasteiger partial charge in [-0.05, 0) is 45.8 Å². The average molecular weight is 776 g/mol. The second-order valence-corrected chi connectivity index (χ2v) is 13.7. The van der Waals surface area contributed by atoms with Crippen molar-refractivity contribution in [3.63, 3.8) is 0 Å². The summed E-state index contributed by atoms with van der Waals surface area (Å²) in [4.78, 5) is 28.1. The number of hydrogen-bond acceptors (Lipinski definition) is 8. The molecule has 0 saturated heterocycles. The minimum Gasteiger partial charge on any atom is -0.468 e. The van der Waals surface area contributed by atoms with Crippen molar-refractivity contribution in [1.82, 2.24) is 10.6 Å². The Balaban J connectivity index is 0.000000221. The van der Waals surface area contributed by atoms with Crippen molar-refractivity contribution in [2.75, 3.05) is 14.2 Å². The molecule has 6 aromatic rings. The number of azide groups is 1. The highest BCUT2D eigenvalue weighted by atomic mass is 16.5. The molecule has 10 nitrogen and oxygen atoms in total. The molecular formula is C48H49N5O5. The Kier molecular flexibility index (Phi) is 15.1. The molecule has 0 aliphatic heterocycles. The minimum atomic E-state index is -0.942. The van der Waals surface area contributed by atoms with Crippen molar-refractivity contribution in [2.24, 2.45) is 5.11 Å². The lowest BCUT2D eigenvalue weighted by Gasteiger charge is -2.40. The first kappa shape index (κ1) is 42.6. The molecule has 0 saturated carbocycles. The molecule has 0 spiro atoms. The molecule has 6 aromatic carbocycles. The fraction of sp³-hybridized carbons (Fsp3) is 0.208. The van der Waals surface area contributed by atoms with Gasteiger partial charge in [-0.15, -0.1) is 0 Å². The van der Waals surface area contributed by atoms with Crippen LogP contribution in [0.1, 0.15) is 47.2 Å². The molecule has 0 radical (unpaired) electrons. The van der Waals surface area contributed by atoms with Gasteiger partial charge < -0.3 is 14.6 Å². The summed E-state index contributed by atoms with van der Waals surface area (Å²) in [5.74, 6) is -1.01. The van der Waals surface area contributed by atoms with Crippen molar-refractivity contribution >= 4 is 11.9 Å². The van der Waals surface area contributed by atoms with Gasteiger partial charge in [0.25, 0.3) is 0 Å². The number of carbonyl (C=O) groups is 2. The fourth-order valence-corrected chi connectivity index (χ4v) is 7.25. The maximum atomic E-state index is 12.7. The molecule has 6 rings (SSSR count). The van der Waals surface area contributed by atoms with Crippen LogP contribution < -0.4 is 10.6 Å². The van der Waals surface area contributed by atoms with E-state index in [1.165, 1.54) is 14.2 Å². The van der Waals surface area contributed by atoms with Gasteiger partial charge >= 0.3 is 11.9 Å². The van der Waals surface area contributed by atoms with Crippen molar-refractivity contribution in [1.29, 1.82) is 0 Å². The second kappa shape index (κ2) is 20.6. The summed E-state index contributed by atoms with van der Waals surface area (Å²) < 4.78 is 10.0. The Morgan fingerprint density at radius 2 is 0.759 bits per heavy atom. The summed E-state index contributed by atoms with van der Waals surface area (Å²) in [5.41, 5.74) is 13.0. The van der Waals surface area contributed by atoms with Crippen LogP contribution in [-0.4, -0.2) is 55.5 Å². The summed E-state index contributed by atoms with van der Waals surface area (Å²) in [6.45, 7) is 3.28. The maximum Gasteiger partial charge on any atom is 0.325 e. The van der Waals surface area contributed by atoms with E-state index in [0.717, 1.165) is 33.4 Å². The number of aliphatic hydroxyl groups is 1. The number of rotatable bonds is 15. The standard InChI is InChI=1S/C24H24N4O2.C24H25NO3/c1-18(27-28-25)22(23(29)30-2)26-24(19-12-6-3-7-13-19,20-14-8-4-9-15-20)21-16-10-5-11-17-21;1-18(26)22(23(27)28-2)25-24(19-12-6-3-7-13-19,20-14-8-4-9-15-20)21-16-10-5-11-17-21/h3-18,22,26H,1-2H3;3-18,22,25-26H,1-2H3/t2*18?,22-/m00/s1. The SMILES string of the molecule is COC(=O)[C@@H](NC(c1ccccc1)(c1ccccc1)c1ccccc1)C(C)N=[N+]=[N-].COC(=O)[C@@H](NC(c1ccccc1)(c1ccccc1)c1ccccc1)C(C)O. The van der Waals surface area contributed by atoms with Gasteiger partial charge in [-0.3, -0.25) is 20.2 Å². The van der Waals surface area contributed by atoms with Crippen molar-refractivity contribution in [2.45, 2.75) is 49.2 Å². The Bertz CT molecular complexity index is 2010. The molecule has 0 fully saturated rings. The van der Waals surface area contributed by atoms with Gasteiger partial charge in [0.2, 0.25) is 0 Å². The van der Waals surface area contributed by atoms with Crippen LogP contribution in [0.4, 0.5) is 0 Å². The minimum absolute atomic E-state index is 0.498. The predicted octanol–water partition coefficient (Wildman–Crippen LogP) is 8.30. The Morgan fingerprint density at radius 1 is 0.517 bits per heavy atom. The molecule has 2 unspecified atom stereocenters. The van der Waals surface area contributed by atoms with Gasteiger partial charge in [0.15, 0.2) is 0 Å². The highest BCUT2D eigenvalue weighted by Crippen LogP contribution is 2.39. The van der Waals surface area contributed by atoms with E-state index in [1.54, 1.807) is 13.8 Å². The van der Waals surface area contributed by atoms with E-state index in [4.69, 9.17) is 15.0 Å². The normalized spacial score (nSPS) is 13.3. The topological polar surface area (TPSA) is 146 Å². The molecule has 58 heavy (non-hydrogen) atoms. The van der Waals surface area contributed by atoms with Gasteiger partial charge in [-0.2, -0.15) is 0 Å². The molecule has 0 bridgehead atoms. The van der Waals surface area contributed by atoms with Crippen molar-refractivity contribution < 1.29 is 24.2 Å². The van der Waals surface area contributed by atoms with Crippen LogP contribution in [0.15, 0.2) is 187 Å². The molecule has 0 heterocycles. The smallest absolute Gasteiger partial charge is 0.325 e. The van der Waals surface area contributed by atoms with Gasteiger partial charge in [0, 0.05) is 4.91 Å². The highest BCUT2D eigenvalue weighted by molar-refractivity contribution is 5.78. The molecule has 4 atom stereocenters. The van der Waals surface area contributed by atoms with E-state index in [-0.39, 0.29) is 0 Å². The zero-order valence-corrected chi connectivity index (χ0v) is 33.1. The van der Waals surface area contributed by atoms with Crippen LogP contribution >= 0.6 is 0 Å². The van der Waals surface area contributed by atoms with Crippen molar-refractivity contribution in [3.05, 3.63) is 226 Å². The molecule has 0 aliphatic rings. The van der Waals surface area contributed by atoms with E-state index in [1.807, 2.05) is 182 Å². The Morgan fingerprint density at radius 3 is 0.983 bits per heavy atom. The monoisotopic (exact) mass is 775 g/mol. The molecule has 0 amide bonds. The largest absolute Gasteiger partial charge is 0.468 e.